The van der Waals surface area contributed by atoms with Crippen molar-refractivity contribution < 1.29 is 18.0 Å². The van der Waals surface area contributed by atoms with Gasteiger partial charge in [0.25, 0.3) is 0 Å². The Balaban J connectivity index is 1.82. The fourth-order valence-electron chi connectivity index (χ4n) is 2.40. The van der Waals surface area contributed by atoms with Crippen LogP contribution in [-0.2, 0) is 17.5 Å². The second-order valence-electron chi connectivity index (χ2n) is 5.13. The van der Waals surface area contributed by atoms with E-state index in [2.05, 4.69) is 4.98 Å². The molecule has 2 aromatic rings. The van der Waals surface area contributed by atoms with Crippen molar-refractivity contribution >= 4 is 17.7 Å². The van der Waals surface area contributed by atoms with Gasteiger partial charge in [-0.3, -0.25) is 9.78 Å². The zero-order chi connectivity index (χ0) is 16.4. The van der Waals surface area contributed by atoms with Crippen LogP contribution in [0.2, 0.25) is 0 Å². The molecule has 120 valence electrons. The molecule has 3 nitrogen and oxygen atoms in total. The number of halogens is 3. The zero-order valence-electron chi connectivity index (χ0n) is 12.0. The van der Waals surface area contributed by atoms with Gasteiger partial charge in [-0.1, -0.05) is 18.2 Å². The third kappa shape index (κ3) is 3.50. The number of aromatic nitrogens is 1. The Morgan fingerprint density at radius 3 is 2.52 bits per heavy atom. The lowest BCUT2D eigenvalue weighted by Gasteiger charge is -2.24. The number of pyridine rings is 1. The molecule has 0 aliphatic carbocycles. The average molecular weight is 338 g/mol. The van der Waals surface area contributed by atoms with Crippen molar-refractivity contribution in [1.29, 1.82) is 0 Å². The molecule has 2 heterocycles. The first-order valence-corrected chi connectivity index (χ1v) is 7.98. The Hall–Kier alpha value is -2.02. The number of benzene rings is 1. The van der Waals surface area contributed by atoms with E-state index in [1.54, 1.807) is 17.2 Å². The number of hydrogen-bond donors (Lipinski definition) is 0. The molecule has 7 heteroatoms. The predicted octanol–water partition coefficient (Wildman–Crippen LogP) is 3.87. The van der Waals surface area contributed by atoms with Crippen LogP contribution in [0.5, 0.6) is 0 Å². The highest BCUT2D eigenvalue weighted by Gasteiger charge is 2.34. The van der Waals surface area contributed by atoms with Gasteiger partial charge >= 0.3 is 6.18 Å². The van der Waals surface area contributed by atoms with E-state index in [4.69, 9.17) is 0 Å². The molecular formula is C16H13F3N2OS. The van der Waals surface area contributed by atoms with Crippen LogP contribution in [-0.4, -0.2) is 21.5 Å². The molecular weight excluding hydrogens is 325 g/mol. The van der Waals surface area contributed by atoms with Gasteiger partial charge in [0.1, 0.15) is 5.37 Å². The van der Waals surface area contributed by atoms with Crippen molar-refractivity contribution in [1.82, 2.24) is 9.88 Å². The number of rotatable bonds is 3. The first kappa shape index (κ1) is 15.9. The Bertz CT molecular complexity index is 689. The van der Waals surface area contributed by atoms with E-state index >= 15 is 0 Å². The highest BCUT2D eigenvalue weighted by molar-refractivity contribution is 8.00. The van der Waals surface area contributed by atoms with Crippen LogP contribution in [0, 0.1) is 0 Å². The van der Waals surface area contributed by atoms with Crippen molar-refractivity contribution in [2.24, 2.45) is 0 Å². The minimum Gasteiger partial charge on any atom is -0.320 e. The van der Waals surface area contributed by atoms with E-state index in [1.165, 1.54) is 23.9 Å². The van der Waals surface area contributed by atoms with E-state index in [1.807, 2.05) is 12.1 Å². The van der Waals surface area contributed by atoms with Crippen molar-refractivity contribution in [3.8, 4) is 0 Å². The summed E-state index contributed by atoms with van der Waals surface area (Å²) in [5.41, 5.74) is 0.747. The molecule has 0 N–H and O–H groups in total. The van der Waals surface area contributed by atoms with Crippen molar-refractivity contribution in [2.75, 3.05) is 5.75 Å². The topological polar surface area (TPSA) is 33.2 Å². The molecule has 1 aromatic carbocycles. The summed E-state index contributed by atoms with van der Waals surface area (Å²) in [4.78, 5) is 17.9. The van der Waals surface area contributed by atoms with Gasteiger partial charge in [0, 0.05) is 6.20 Å². The Morgan fingerprint density at radius 2 is 1.91 bits per heavy atom. The molecule has 0 radical (unpaired) electrons. The molecule has 0 bridgehead atoms. The summed E-state index contributed by atoms with van der Waals surface area (Å²) in [6.45, 7) is 0.346. The van der Waals surface area contributed by atoms with E-state index in [0.717, 1.165) is 17.8 Å². The van der Waals surface area contributed by atoms with Crippen LogP contribution in [0.15, 0.2) is 48.7 Å². The minimum absolute atomic E-state index is 0.0365. The quantitative estimate of drug-likeness (QED) is 0.852. The fourth-order valence-corrected chi connectivity index (χ4v) is 3.59. The van der Waals surface area contributed by atoms with Gasteiger partial charge in [-0.25, -0.2) is 0 Å². The fraction of sp³-hybridized carbons (Fsp3) is 0.250. The summed E-state index contributed by atoms with van der Waals surface area (Å²) in [6, 6.07) is 10.4. The Labute approximate surface area is 135 Å². The van der Waals surface area contributed by atoms with Crippen LogP contribution in [0.3, 0.4) is 0 Å². The smallest absolute Gasteiger partial charge is 0.320 e. The van der Waals surface area contributed by atoms with Gasteiger partial charge < -0.3 is 4.90 Å². The van der Waals surface area contributed by atoms with Crippen LogP contribution in [0.4, 0.5) is 13.2 Å². The van der Waals surface area contributed by atoms with Gasteiger partial charge in [-0.15, -0.1) is 11.8 Å². The second kappa shape index (κ2) is 6.23. The third-order valence-corrected chi connectivity index (χ3v) is 4.81. The number of alkyl halides is 3. The summed E-state index contributed by atoms with van der Waals surface area (Å²) in [5, 5.41) is -0.285. The molecule has 1 aliphatic rings. The standard InChI is InChI=1S/C16H13F3N2OS/c17-16(18,19)12-6-4-11(5-7-12)15-21(14(22)10-23-15)9-13-3-1-2-8-20-13/h1-8,15H,9-10H2. The van der Waals surface area contributed by atoms with Crippen molar-refractivity contribution in [3.05, 3.63) is 65.5 Å². The van der Waals surface area contributed by atoms with Crippen LogP contribution in [0.25, 0.3) is 0 Å². The molecule has 1 aliphatic heterocycles. The normalized spacial score (nSPS) is 18.5. The first-order valence-electron chi connectivity index (χ1n) is 6.93. The van der Waals surface area contributed by atoms with Crippen LogP contribution >= 0.6 is 11.8 Å². The molecule has 23 heavy (non-hydrogen) atoms. The van der Waals surface area contributed by atoms with E-state index in [9.17, 15) is 18.0 Å². The zero-order valence-corrected chi connectivity index (χ0v) is 12.8. The summed E-state index contributed by atoms with van der Waals surface area (Å²) < 4.78 is 37.9. The van der Waals surface area contributed by atoms with E-state index < -0.39 is 11.7 Å². The monoisotopic (exact) mass is 338 g/mol. The number of carbonyl (C=O) groups excluding carboxylic acids is 1. The molecule has 1 atom stereocenters. The van der Waals surface area contributed by atoms with Crippen molar-refractivity contribution in [3.63, 3.8) is 0 Å². The molecule has 1 saturated heterocycles. The summed E-state index contributed by atoms with van der Waals surface area (Å²) in [5.74, 6) is 0.281. The Kier molecular flexibility index (Phi) is 4.30. The number of hydrogen-bond acceptors (Lipinski definition) is 3. The molecule has 1 aromatic heterocycles. The summed E-state index contributed by atoms with van der Waals surface area (Å²) >= 11 is 1.41. The lowest BCUT2D eigenvalue weighted by molar-refractivity contribution is -0.137. The number of nitrogens with zero attached hydrogens (tertiary/aromatic N) is 2. The molecule has 1 unspecified atom stereocenters. The number of amides is 1. The van der Waals surface area contributed by atoms with Crippen LogP contribution < -0.4 is 0 Å². The van der Waals surface area contributed by atoms with E-state index in [0.29, 0.717) is 17.9 Å². The summed E-state index contributed by atoms with van der Waals surface area (Å²) in [6.07, 6.45) is -2.71. The SMILES string of the molecule is O=C1CSC(c2ccc(C(F)(F)F)cc2)N1Cc1ccccn1. The third-order valence-electron chi connectivity index (χ3n) is 3.55. The highest BCUT2D eigenvalue weighted by Crippen LogP contribution is 2.40. The van der Waals surface area contributed by atoms with Crippen LogP contribution in [0.1, 0.15) is 22.2 Å². The van der Waals surface area contributed by atoms with Gasteiger partial charge in [0.2, 0.25) is 5.91 Å². The predicted molar refractivity (Wildman–Crippen MR) is 81.4 cm³/mol. The summed E-state index contributed by atoms with van der Waals surface area (Å²) in [7, 11) is 0. The second-order valence-corrected chi connectivity index (χ2v) is 6.19. The minimum atomic E-state index is -4.36. The molecule has 0 spiro atoms. The molecule has 1 amide bonds. The van der Waals surface area contributed by atoms with Gasteiger partial charge in [-0.05, 0) is 29.8 Å². The lowest BCUT2D eigenvalue weighted by Crippen LogP contribution is -2.28. The maximum Gasteiger partial charge on any atom is 0.416 e. The van der Waals surface area contributed by atoms with Gasteiger partial charge in [0.15, 0.2) is 0 Å². The molecule has 0 saturated carbocycles. The highest BCUT2D eigenvalue weighted by atomic mass is 32.2. The largest absolute Gasteiger partial charge is 0.416 e. The molecule has 1 fully saturated rings. The lowest BCUT2D eigenvalue weighted by atomic mass is 10.1. The molecule has 3 rings (SSSR count). The van der Waals surface area contributed by atoms with E-state index in [-0.39, 0.29) is 11.3 Å². The van der Waals surface area contributed by atoms with Gasteiger partial charge in [-0.2, -0.15) is 13.2 Å². The maximum atomic E-state index is 12.6. The Morgan fingerprint density at radius 1 is 1.17 bits per heavy atom. The maximum absolute atomic E-state index is 12.6. The average Bonchev–Trinajstić information content (AvgIpc) is 2.89. The number of carbonyl (C=O) groups is 1. The van der Waals surface area contributed by atoms with Crippen molar-refractivity contribution in [2.45, 2.75) is 18.1 Å². The number of thioether (sulfide) groups is 1. The first-order chi connectivity index (χ1) is 10.9. The van der Waals surface area contributed by atoms with Gasteiger partial charge in [0.05, 0.1) is 23.6 Å².